The molecule has 94 valence electrons. The van der Waals surface area contributed by atoms with Gasteiger partial charge in [-0.3, -0.25) is 4.79 Å². The van der Waals surface area contributed by atoms with E-state index in [-0.39, 0.29) is 12.5 Å². The second-order valence-corrected chi connectivity index (χ2v) is 4.74. The molecule has 0 fully saturated rings. The normalized spacial score (nSPS) is 10.4. The van der Waals surface area contributed by atoms with Crippen LogP contribution in [0.25, 0.3) is 0 Å². The van der Waals surface area contributed by atoms with Crippen LogP contribution in [0.15, 0.2) is 23.1 Å². The maximum atomic E-state index is 12.2. The third-order valence-electron chi connectivity index (χ3n) is 2.44. The Morgan fingerprint density at radius 3 is 2.76 bits per heavy atom. The van der Waals surface area contributed by atoms with Crippen LogP contribution in [0.4, 0.5) is 0 Å². The predicted molar refractivity (Wildman–Crippen MR) is 71.9 cm³/mol. The standard InChI is InChI=1S/C12H16ClNO2S/c1-3-14(6-7-15)12(16)10-8-9(17-2)4-5-11(10)13/h4-5,8,15H,3,6-7H2,1-2H3. The highest BCUT2D eigenvalue weighted by molar-refractivity contribution is 7.98. The highest BCUT2D eigenvalue weighted by Gasteiger charge is 2.17. The number of nitrogens with zero attached hydrogens (tertiary/aromatic N) is 1. The minimum absolute atomic E-state index is 0.0422. The van der Waals surface area contributed by atoms with Crippen molar-refractivity contribution in [2.75, 3.05) is 26.0 Å². The van der Waals surface area contributed by atoms with E-state index >= 15 is 0 Å². The summed E-state index contributed by atoms with van der Waals surface area (Å²) in [6.07, 6.45) is 1.95. The third-order valence-corrected chi connectivity index (χ3v) is 3.50. The first-order valence-corrected chi connectivity index (χ1v) is 6.98. The van der Waals surface area contributed by atoms with Gasteiger partial charge >= 0.3 is 0 Å². The quantitative estimate of drug-likeness (QED) is 0.838. The summed E-state index contributed by atoms with van der Waals surface area (Å²) >= 11 is 7.59. The van der Waals surface area contributed by atoms with Crippen LogP contribution in [0, 0.1) is 0 Å². The molecule has 17 heavy (non-hydrogen) atoms. The molecule has 1 aromatic rings. The molecule has 0 aliphatic heterocycles. The van der Waals surface area contributed by atoms with Crippen LogP contribution in [0.3, 0.4) is 0 Å². The van der Waals surface area contributed by atoms with Gasteiger partial charge in [0.05, 0.1) is 17.2 Å². The molecular formula is C12H16ClNO2S. The largest absolute Gasteiger partial charge is 0.395 e. The van der Waals surface area contributed by atoms with Gasteiger partial charge in [-0.25, -0.2) is 0 Å². The molecule has 0 spiro atoms. The molecule has 1 amide bonds. The monoisotopic (exact) mass is 273 g/mol. The molecule has 3 nitrogen and oxygen atoms in total. The number of hydrogen-bond donors (Lipinski definition) is 1. The summed E-state index contributed by atoms with van der Waals surface area (Å²) in [6, 6.07) is 5.40. The Morgan fingerprint density at radius 2 is 2.24 bits per heavy atom. The van der Waals surface area contributed by atoms with Crippen molar-refractivity contribution < 1.29 is 9.90 Å². The van der Waals surface area contributed by atoms with Crippen molar-refractivity contribution in [3.63, 3.8) is 0 Å². The maximum Gasteiger partial charge on any atom is 0.255 e. The summed E-state index contributed by atoms with van der Waals surface area (Å²) in [5, 5.41) is 9.35. The summed E-state index contributed by atoms with van der Waals surface area (Å²) in [7, 11) is 0. The molecule has 0 atom stereocenters. The van der Waals surface area contributed by atoms with Gasteiger partial charge in [0.1, 0.15) is 0 Å². The average molecular weight is 274 g/mol. The zero-order valence-corrected chi connectivity index (χ0v) is 11.5. The summed E-state index contributed by atoms with van der Waals surface area (Å²) in [4.78, 5) is 14.7. The SMILES string of the molecule is CCN(CCO)C(=O)c1cc(SC)ccc1Cl. The van der Waals surface area contributed by atoms with E-state index in [4.69, 9.17) is 16.7 Å². The molecule has 1 N–H and O–H groups in total. The Balaban J connectivity index is 3.01. The Bertz CT molecular complexity index is 398. The number of hydrogen-bond acceptors (Lipinski definition) is 3. The van der Waals surface area contributed by atoms with Gasteiger partial charge in [-0.2, -0.15) is 0 Å². The summed E-state index contributed by atoms with van der Waals surface area (Å²) in [6.45, 7) is 2.72. The molecular weight excluding hydrogens is 258 g/mol. The van der Waals surface area contributed by atoms with Crippen molar-refractivity contribution in [3.05, 3.63) is 28.8 Å². The number of amides is 1. The minimum atomic E-state index is -0.137. The van der Waals surface area contributed by atoms with E-state index in [1.54, 1.807) is 28.8 Å². The highest BCUT2D eigenvalue weighted by atomic mass is 35.5. The molecule has 0 unspecified atom stereocenters. The molecule has 1 rings (SSSR count). The van der Waals surface area contributed by atoms with Gasteiger partial charge in [-0.1, -0.05) is 11.6 Å². The fraction of sp³-hybridized carbons (Fsp3) is 0.417. The van der Waals surface area contributed by atoms with Gasteiger partial charge in [0.15, 0.2) is 0 Å². The van der Waals surface area contributed by atoms with E-state index in [0.717, 1.165) is 4.90 Å². The number of aliphatic hydroxyl groups excluding tert-OH is 1. The van der Waals surface area contributed by atoms with E-state index in [0.29, 0.717) is 23.7 Å². The number of aliphatic hydroxyl groups is 1. The number of rotatable bonds is 5. The lowest BCUT2D eigenvalue weighted by Crippen LogP contribution is -2.33. The number of likely N-dealkylation sites (N-methyl/N-ethyl adjacent to an activating group) is 1. The van der Waals surface area contributed by atoms with Crippen LogP contribution >= 0.6 is 23.4 Å². The van der Waals surface area contributed by atoms with Crippen molar-refractivity contribution in [1.82, 2.24) is 4.90 Å². The Morgan fingerprint density at radius 1 is 1.53 bits per heavy atom. The second kappa shape index (κ2) is 6.89. The van der Waals surface area contributed by atoms with Crippen molar-refractivity contribution in [1.29, 1.82) is 0 Å². The average Bonchev–Trinajstić information content (AvgIpc) is 2.35. The zero-order valence-electron chi connectivity index (χ0n) is 9.94. The van der Waals surface area contributed by atoms with Gasteiger partial charge in [0, 0.05) is 18.0 Å². The Labute approximate surface area is 111 Å². The lowest BCUT2D eigenvalue weighted by molar-refractivity contribution is 0.0732. The third kappa shape index (κ3) is 3.63. The molecule has 0 bridgehead atoms. The second-order valence-electron chi connectivity index (χ2n) is 3.45. The molecule has 0 radical (unpaired) electrons. The lowest BCUT2D eigenvalue weighted by Gasteiger charge is -2.20. The van der Waals surface area contributed by atoms with Crippen molar-refractivity contribution >= 4 is 29.3 Å². The summed E-state index contributed by atoms with van der Waals surface area (Å²) < 4.78 is 0. The van der Waals surface area contributed by atoms with E-state index in [9.17, 15) is 4.79 Å². The first-order valence-electron chi connectivity index (χ1n) is 5.37. The van der Waals surface area contributed by atoms with Crippen molar-refractivity contribution in [3.8, 4) is 0 Å². The fourth-order valence-corrected chi connectivity index (χ4v) is 2.13. The number of carbonyl (C=O) groups is 1. The Kier molecular flexibility index (Phi) is 5.82. The number of thioether (sulfide) groups is 1. The number of benzene rings is 1. The number of halogens is 1. The van der Waals surface area contributed by atoms with E-state index in [1.807, 2.05) is 19.2 Å². The van der Waals surface area contributed by atoms with Crippen molar-refractivity contribution in [2.24, 2.45) is 0 Å². The fourth-order valence-electron chi connectivity index (χ4n) is 1.49. The molecule has 0 aromatic heterocycles. The molecule has 5 heteroatoms. The molecule has 0 heterocycles. The lowest BCUT2D eigenvalue weighted by atomic mass is 10.2. The maximum absolute atomic E-state index is 12.2. The molecule has 1 aromatic carbocycles. The van der Waals surface area contributed by atoms with Crippen LogP contribution in [-0.2, 0) is 0 Å². The van der Waals surface area contributed by atoms with Crippen molar-refractivity contribution in [2.45, 2.75) is 11.8 Å². The van der Waals surface area contributed by atoms with E-state index < -0.39 is 0 Å². The van der Waals surface area contributed by atoms with Gasteiger partial charge in [-0.05, 0) is 31.4 Å². The first-order chi connectivity index (χ1) is 8.13. The molecule has 0 aliphatic rings. The van der Waals surface area contributed by atoms with Crippen LogP contribution in [0.2, 0.25) is 5.02 Å². The first kappa shape index (κ1) is 14.4. The highest BCUT2D eigenvalue weighted by Crippen LogP contribution is 2.24. The number of carbonyl (C=O) groups excluding carboxylic acids is 1. The molecule has 0 aliphatic carbocycles. The van der Waals surface area contributed by atoms with Crippen LogP contribution in [-0.4, -0.2) is 41.9 Å². The smallest absolute Gasteiger partial charge is 0.255 e. The van der Waals surface area contributed by atoms with Crippen LogP contribution in [0.5, 0.6) is 0 Å². The van der Waals surface area contributed by atoms with Gasteiger partial charge < -0.3 is 10.0 Å². The summed E-state index contributed by atoms with van der Waals surface area (Å²) in [5.41, 5.74) is 0.494. The van der Waals surface area contributed by atoms with Gasteiger partial charge in [-0.15, -0.1) is 11.8 Å². The van der Waals surface area contributed by atoms with E-state index in [1.165, 1.54) is 0 Å². The molecule has 0 saturated carbocycles. The summed E-state index contributed by atoms with van der Waals surface area (Å²) in [5.74, 6) is -0.137. The predicted octanol–water partition coefficient (Wildman–Crippen LogP) is 2.52. The van der Waals surface area contributed by atoms with Gasteiger partial charge in [0.25, 0.3) is 5.91 Å². The minimum Gasteiger partial charge on any atom is -0.395 e. The zero-order chi connectivity index (χ0) is 12.8. The van der Waals surface area contributed by atoms with Gasteiger partial charge in [0.2, 0.25) is 0 Å². The topological polar surface area (TPSA) is 40.5 Å². The van der Waals surface area contributed by atoms with E-state index in [2.05, 4.69) is 0 Å². The van der Waals surface area contributed by atoms with Crippen LogP contribution < -0.4 is 0 Å². The Hall–Kier alpha value is -0.710. The molecule has 0 saturated heterocycles. The van der Waals surface area contributed by atoms with Crippen LogP contribution in [0.1, 0.15) is 17.3 Å².